The lowest BCUT2D eigenvalue weighted by Gasteiger charge is -2.23. The normalized spacial score (nSPS) is 19.4. The minimum absolute atomic E-state index is 0.0175. The van der Waals surface area contributed by atoms with Gasteiger partial charge in [0.05, 0.1) is 6.04 Å². The van der Waals surface area contributed by atoms with Crippen molar-refractivity contribution in [2.45, 2.75) is 45.3 Å². The lowest BCUT2D eigenvalue weighted by Crippen LogP contribution is -2.36. The Morgan fingerprint density at radius 1 is 1.21 bits per heavy atom. The van der Waals surface area contributed by atoms with Crippen LogP contribution in [-0.2, 0) is 29.0 Å². The van der Waals surface area contributed by atoms with Gasteiger partial charge in [0.15, 0.2) is 5.82 Å². The Morgan fingerprint density at radius 2 is 1.97 bits per heavy atom. The van der Waals surface area contributed by atoms with Crippen LogP contribution >= 0.6 is 0 Å². The van der Waals surface area contributed by atoms with Gasteiger partial charge in [0, 0.05) is 51.7 Å². The van der Waals surface area contributed by atoms with Crippen LogP contribution in [0.25, 0.3) is 0 Å². The SMILES string of the molecule is CC(NC(=O)C1CCOCC1)c1nnc2n1CCN(Cc1ccc(F)cc1)CC2. The predicted molar refractivity (Wildman–Crippen MR) is 106 cm³/mol. The van der Waals surface area contributed by atoms with Gasteiger partial charge in [0.25, 0.3) is 0 Å². The van der Waals surface area contributed by atoms with E-state index in [-0.39, 0.29) is 23.7 Å². The molecule has 1 aromatic carbocycles. The molecule has 7 nitrogen and oxygen atoms in total. The Labute approximate surface area is 170 Å². The zero-order chi connectivity index (χ0) is 20.2. The summed E-state index contributed by atoms with van der Waals surface area (Å²) in [6.45, 7) is 6.55. The minimum atomic E-state index is -0.211. The van der Waals surface area contributed by atoms with Crippen molar-refractivity contribution in [3.05, 3.63) is 47.3 Å². The highest BCUT2D eigenvalue weighted by atomic mass is 19.1. The van der Waals surface area contributed by atoms with Gasteiger partial charge in [-0.2, -0.15) is 0 Å². The van der Waals surface area contributed by atoms with E-state index in [1.807, 2.05) is 19.1 Å². The number of halogens is 1. The smallest absolute Gasteiger partial charge is 0.223 e. The largest absolute Gasteiger partial charge is 0.381 e. The maximum Gasteiger partial charge on any atom is 0.223 e. The number of amides is 1. The van der Waals surface area contributed by atoms with E-state index in [4.69, 9.17) is 4.74 Å². The van der Waals surface area contributed by atoms with Gasteiger partial charge >= 0.3 is 0 Å². The molecule has 2 aromatic rings. The number of carbonyl (C=O) groups is 1. The first-order valence-electron chi connectivity index (χ1n) is 10.4. The molecule has 8 heteroatoms. The molecule has 1 atom stereocenters. The monoisotopic (exact) mass is 401 g/mol. The quantitative estimate of drug-likeness (QED) is 0.831. The molecular weight excluding hydrogens is 373 g/mol. The molecule has 2 aliphatic rings. The van der Waals surface area contributed by atoms with Crippen molar-refractivity contribution in [3.8, 4) is 0 Å². The van der Waals surface area contributed by atoms with E-state index in [9.17, 15) is 9.18 Å². The number of hydrogen-bond donors (Lipinski definition) is 1. The fourth-order valence-corrected chi connectivity index (χ4v) is 4.07. The third kappa shape index (κ3) is 4.82. The molecule has 3 heterocycles. The molecule has 0 radical (unpaired) electrons. The van der Waals surface area contributed by atoms with Crippen LogP contribution in [0.15, 0.2) is 24.3 Å². The average Bonchev–Trinajstić information content (AvgIpc) is 3.05. The first kappa shape index (κ1) is 20.0. The Bertz CT molecular complexity index is 832. The van der Waals surface area contributed by atoms with E-state index in [0.717, 1.165) is 62.7 Å². The highest BCUT2D eigenvalue weighted by molar-refractivity contribution is 5.79. The molecule has 1 unspecified atom stereocenters. The summed E-state index contributed by atoms with van der Waals surface area (Å²) in [5.74, 6) is 1.64. The van der Waals surface area contributed by atoms with Crippen LogP contribution in [-0.4, -0.2) is 51.9 Å². The average molecular weight is 401 g/mol. The number of fused-ring (bicyclic) bond motifs is 1. The second kappa shape index (κ2) is 9.00. The fraction of sp³-hybridized carbons (Fsp3) is 0.571. The lowest BCUT2D eigenvalue weighted by molar-refractivity contribution is -0.128. The Balaban J connectivity index is 1.37. The van der Waals surface area contributed by atoms with Crippen LogP contribution in [0.3, 0.4) is 0 Å². The summed E-state index contributed by atoms with van der Waals surface area (Å²) in [7, 11) is 0. The molecule has 1 aromatic heterocycles. The van der Waals surface area contributed by atoms with E-state index in [2.05, 4.69) is 25.0 Å². The van der Waals surface area contributed by atoms with Gasteiger partial charge in [0.1, 0.15) is 11.6 Å². The van der Waals surface area contributed by atoms with E-state index in [1.54, 1.807) is 0 Å². The van der Waals surface area contributed by atoms with Gasteiger partial charge in [0.2, 0.25) is 5.91 Å². The Morgan fingerprint density at radius 3 is 2.72 bits per heavy atom. The molecule has 1 amide bonds. The van der Waals surface area contributed by atoms with Crippen LogP contribution in [0.2, 0.25) is 0 Å². The van der Waals surface area contributed by atoms with E-state index >= 15 is 0 Å². The zero-order valence-corrected chi connectivity index (χ0v) is 16.8. The summed E-state index contributed by atoms with van der Waals surface area (Å²) in [4.78, 5) is 14.9. The summed E-state index contributed by atoms with van der Waals surface area (Å²) in [6.07, 6.45) is 2.35. The summed E-state index contributed by atoms with van der Waals surface area (Å²) >= 11 is 0. The van der Waals surface area contributed by atoms with Crippen molar-refractivity contribution >= 4 is 5.91 Å². The van der Waals surface area contributed by atoms with Crippen LogP contribution in [0, 0.1) is 11.7 Å². The molecule has 4 rings (SSSR count). The maximum atomic E-state index is 13.1. The number of aromatic nitrogens is 3. The number of hydrogen-bond acceptors (Lipinski definition) is 5. The van der Waals surface area contributed by atoms with Gasteiger partial charge in [-0.15, -0.1) is 10.2 Å². The molecule has 0 spiro atoms. The highest BCUT2D eigenvalue weighted by Crippen LogP contribution is 2.20. The van der Waals surface area contributed by atoms with E-state index < -0.39 is 0 Å². The van der Waals surface area contributed by atoms with Gasteiger partial charge in [-0.3, -0.25) is 9.69 Å². The highest BCUT2D eigenvalue weighted by Gasteiger charge is 2.26. The Kier molecular flexibility index (Phi) is 6.20. The standard InChI is InChI=1S/C21H28FN5O2/c1-15(23-21(28)17-7-12-29-13-8-17)20-25-24-19-6-9-26(10-11-27(19)20)14-16-2-4-18(22)5-3-16/h2-5,15,17H,6-14H2,1H3,(H,23,28). The summed E-state index contributed by atoms with van der Waals surface area (Å²) in [6, 6.07) is 6.49. The first-order valence-corrected chi connectivity index (χ1v) is 10.4. The third-order valence-corrected chi connectivity index (χ3v) is 5.81. The molecular formula is C21H28FN5O2. The predicted octanol–water partition coefficient (Wildman–Crippen LogP) is 2.08. The van der Waals surface area contributed by atoms with Crippen molar-refractivity contribution in [1.82, 2.24) is 25.0 Å². The third-order valence-electron chi connectivity index (χ3n) is 5.81. The topological polar surface area (TPSA) is 72.3 Å². The maximum absolute atomic E-state index is 13.1. The van der Waals surface area contributed by atoms with E-state index in [1.165, 1.54) is 12.1 Å². The molecule has 1 N–H and O–H groups in total. The number of benzene rings is 1. The molecule has 156 valence electrons. The van der Waals surface area contributed by atoms with E-state index in [0.29, 0.717) is 13.2 Å². The minimum Gasteiger partial charge on any atom is -0.381 e. The van der Waals surface area contributed by atoms with Gasteiger partial charge in [-0.1, -0.05) is 12.1 Å². The molecule has 1 saturated heterocycles. The number of nitrogens with zero attached hydrogens (tertiary/aromatic N) is 4. The van der Waals surface area contributed by atoms with Crippen molar-refractivity contribution in [3.63, 3.8) is 0 Å². The molecule has 2 aliphatic heterocycles. The van der Waals surface area contributed by atoms with Crippen LogP contribution in [0.1, 0.15) is 43.0 Å². The van der Waals surface area contributed by atoms with Crippen molar-refractivity contribution < 1.29 is 13.9 Å². The lowest BCUT2D eigenvalue weighted by atomic mass is 9.99. The van der Waals surface area contributed by atoms with Gasteiger partial charge < -0.3 is 14.6 Å². The van der Waals surface area contributed by atoms with Crippen LogP contribution in [0.4, 0.5) is 4.39 Å². The first-order chi connectivity index (χ1) is 14.1. The van der Waals surface area contributed by atoms with Crippen molar-refractivity contribution in [2.24, 2.45) is 5.92 Å². The second-order valence-corrected chi connectivity index (χ2v) is 7.90. The van der Waals surface area contributed by atoms with Crippen LogP contribution < -0.4 is 5.32 Å². The van der Waals surface area contributed by atoms with Gasteiger partial charge in [-0.05, 0) is 37.5 Å². The van der Waals surface area contributed by atoms with Crippen molar-refractivity contribution in [1.29, 1.82) is 0 Å². The van der Waals surface area contributed by atoms with Crippen LogP contribution in [0.5, 0.6) is 0 Å². The summed E-state index contributed by atoms with van der Waals surface area (Å²) in [5.41, 5.74) is 1.10. The number of ether oxygens (including phenoxy) is 1. The zero-order valence-electron chi connectivity index (χ0n) is 16.8. The van der Waals surface area contributed by atoms with Gasteiger partial charge in [-0.25, -0.2) is 4.39 Å². The fourth-order valence-electron chi connectivity index (χ4n) is 4.07. The molecule has 0 bridgehead atoms. The molecule has 0 saturated carbocycles. The molecule has 29 heavy (non-hydrogen) atoms. The summed E-state index contributed by atoms with van der Waals surface area (Å²) < 4.78 is 20.6. The second-order valence-electron chi connectivity index (χ2n) is 7.90. The molecule has 0 aliphatic carbocycles. The number of nitrogens with one attached hydrogen (secondary N) is 1. The Hall–Kier alpha value is -2.32. The number of carbonyl (C=O) groups excluding carboxylic acids is 1. The summed E-state index contributed by atoms with van der Waals surface area (Å²) in [5, 5.41) is 11.9. The number of rotatable bonds is 5. The van der Waals surface area contributed by atoms with Crippen molar-refractivity contribution in [2.75, 3.05) is 26.3 Å². The molecule has 1 fully saturated rings.